The highest BCUT2D eigenvalue weighted by molar-refractivity contribution is 7.80. The van der Waals surface area contributed by atoms with E-state index in [2.05, 4.69) is 12.6 Å². The number of benzene rings is 1. The molecule has 1 fully saturated rings. The van der Waals surface area contributed by atoms with Gasteiger partial charge in [0.15, 0.2) is 0 Å². The number of hydrogen-bond acceptors (Lipinski definition) is 2. The zero-order valence-corrected chi connectivity index (χ0v) is 10.2. The first-order valence-corrected chi connectivity index (χ1v) is 6.26. The molecule has 86 valence electrons. The van der Waals surface area contributed by atoms with Crippen LogP contribution in [0.15, 0.2) is 29.2 Å². The maximum atomic E-state index is 11.8. The zero-order chi connectivity index (χ0) is 11.4. The van der Waals surface area contributed by atoms with E-state index in [9.17, 15) is 4.79 Å². The molecule has 0 aliphatic carbocycles. The van der Waals surface area contributed by atoms with Gasteiger partial charge in [-0.2, -0.15) is 0 Å². The number of amides is 1. The van der Waals surface area contributed by atoms with Crippen LogP contribution in [0.25, 0.3) is 0 Å². The standard InChI is InChI=1S/C13H17NOS/c15-13-4-2-1-3-9-14(13)10-11-5-7-12(16)8-6-11/h5-8,16H,1-4,9-10H2. The highest BCUT2D eigenvalue weighted by atomic mass is 32.1. The number of rotatable bonds is 2. The molecular weight excluding hydrogens is 218 g/mol. The zero-order valence-electron chi connectivity index (χ0n) is 9.35. The van der Waals surface area contributed by atoms with E-state index >= 15 is 0 Å². The first-order valence-electron chi connectivity index (χ1n) is 5.81. The molecule has 0 radical (unpaired) electrons. The van der Waals surface area contributed by atoms with Crippen molar-refractivity contribution >= 4 is 18.5 Å². The summed E-state index contributed by atoms with van der Waals surface area (Å²) in [6.45, 7) is 1.65. The molecule has 1 saturated heterocycles. The Hall–Kier alpha value is -0.960. The molecular formula is C13H17NOS. The second kappa shape index (κ2) is 5.39. The van der Waals surface area contributed by atoms with Crippen LogP contribution in [-0.4, -0.2) is 17.4 Å². The molecule has 0 atom stereocenters. The van der Waals surface area contributed by atoms with Gasteiger partial charge in [0.1, 0.15) is 0 Å². The maximum absolute atomic E-state index is 11.8. The lowest BCUT2D eigenvalue weighted by molar-refractivity contribution is -0.131. The largest absolute Gasteiger partial charge is 0.338 e. The van der Waals surface area contributed by atoms with Gasteiger partial charge in [-0.1, -0.05) is 18.6 Å². The van der Waals surface area contributed by atoms with E-state index in [-0.39, 0.29) is 0 Å². The average molecular weight is 235 g/mol. The number of hydrogen-bond donors (Lipinski definition) is 1. The van der Waals surface area contributed by atoms with Crippen LogP contribution in [-0.2, 0) is 11.3 Å². The van der Waals surface area contributed by atoms with Crippen LogP contribution >= 0.6 is 12.6 Å². The number of likely N-dealkylation sites (tertiary alicyclic amines) is 1. The SMILES string of the molecule is O=C1CCCCCN1Cc1ccc(S)cc1. The lowest BCUT2D eigenvalue weighted by Gasteiger charge is -2.20. The Labute approximate surface area is 102 Å². The average Bonchev–Trinajstić information content (AvgIpc) is 2.48. The molecule has 1 amide bonds. The number of carbonyl (C=O) groups excluding carboxylic acids is 1. The molecule has 0 aromatic heterocycles. The molecule has 1 aromatic rings. The molecule has 3 heteroatoms. The number of thiol groups is 1. The lowest BCUT2D eigenvalue weighted by Crippen LogP contribution is -2.29. The Balaban J connectivity index is 2.02. The minimum absolute atomic E-state index is 0.299. The van der Waals surface area contributed by atoms with Gasteiger partial charge in [-0.25, -0.2) is 0 Å². The summed E-state index contributed by atoms with van der Waals surface area (Å²) in [7, 11) is 0. The topological polar surface area (TPSA) is 20.3 Å². The predicted molar refractivity (Wildman–Crippen MR) is 67.6 cm³/mol. The molecule has 0 spiro atoms. The highest BCUT2D eigenvalue weighted by Crippen LogP contribution is 2.15. The van der Waals surface area contributed by atoms with Crippen LogP contribution in [0.4, 0.5) is 0 Å². The Morgan fingerprint density at radius 2 is 1.88 bits per heavy atom. The van der Waals surface area contributed by atoms with Crippen LogP contribution in [0.5, 0.6) is 0 Å². The smallest absolute Gasteiger partial charge is 0.222 e. The molecule has 16 heavy (non-hydrogen) atoms. The fraction of sp³-hybridized carbons (Fsp3) is 0.462. The maximum Gasteiger partial charge on any atom is 0.222 e. The van der Waals surface area contributed by atoms with Crippen molar-refractivity contribution in [3.05, 3.63) is 29.8 Å². The van der Waals surface area contributed by atoms with E-state index in [4.69, 9.17) is 0 Å². The molecule has 2 nitrogen and oxygen atoms in total. The van der Waals surface area contributed by atoms with Crippen molar-refractivity contribution in [3.8, 4) is 0 Å². The molecule has 0 saturated carbocycles. The van der Waals surface area contributed by atoms with Crippen molar-refractivity contribution < 1.29 is 4.79 Å². The molecule has 1 heterocycles. The van der Waals surface area contributed by atoms with E-state index in [1.54, 1.807) is 0 Å². The summed E-state index contributed by atoms with van der Waals surface area (Å²) in [5, 5.41) is 0. The summed E-state index contributed by atoms with van der Waals surface area (Å²) in [6.07, 6.45) is 4.07. The normalized spacial score (nSPS) is 17.3. The van der Waals surface area contributed by atoms with Gasteiger partial charge >= 0.3 is 0 Å². The van der Waals surface area contributed by atoms with Gasteiger partial charge in [0.2, 0.25) is 5.91 Å². The van der Waals surface area contributed by atoms with Crippen molar-refractivity contribution in [1.82, 2.24) is 4.90 Å². The molecule has 0 bridgehead atoms. The van der Waals surface area contributed by atoms with E-state index in [0.717, 1.165) is 30.8 Å². The third-order valence-electron chi connectivity index (χ3n) is 2.98. The van der Waals surface area contributed by atoms with Gasteiger partial charge in [-0.15, -0.1) is 12.6 Å². The van der Waals surface area contributed by atoms with Crippen LogP contribution in [0.1, 0.15) is 31.2 Å². The lowest BCUT2D eigenvalue weighted by atomic mass is 10.2. The van der Waals surface area contributed by atoms with Crippen LogP contribution in [0.3, 0.4) is 0 Å². The van der Waals surface area contributed by atoms with Crippen molar-refractivity contribution in [3.63, 3.8) is 0 Å². The van der Waals surface area contributed by atoms with Crippen LogP contribution in [0.2, 0.25) is 0 Å². The summed E-state index contributed by atoms with van der Waals surface area (Å²) in [6, 6.07) is 8.03. The Bertz CT molecular complexity index is 361. The first-order chi connectivity index (χ1) is 7.75. The quantitative estimate of drug-likeness (QED) is 0.782. The van der Waals surface area contributed by atoms with Gasteiger partial charge in [-0.3, -0.25) is 4.79 Å². The van der Waals surface area contributed by atoms with Crippen LogP contribution in [0, 0.1) is 0 Å². The van der Waals surface area contributed by atoms with Gasteiger partial charge in [0.05, 0.1) is 0 Å². The first kappa shape index (κ1) is 11.5. The summed E-state index contributed by atoms with van der Waals surface area (Å²) in [4.78, 5) is 14.7. The fourth-order valence-electron chi connectivity index (χ4n) is 2.03. The Morgan fingerprint density at radius 1 is 1.12 bits per heavy atom. The van der Waals surface area contributed by atoms with E-state index < -0.39 is 0 Å². The van der Waals surface area contributed by atoms with Gasteiger partial charge in [0, 0.05) is 24.4 Å². The summed E-state index contributed by atoms with van der Waals surface area (Å²) >= 11 is 4.25. The van der Waals surface area contributed by atoms with Crippen molar-refractivity contribution in [1.29, 1.82) is 0 Å². The monoisotopic (exact) mass is 235 g/mol. The van der Waals surface area contributed by atoms with Crippen molar-refractivity contribution in [2.75, 3.05) is 6.54 Å². The number of nitrogens with zero attached hydrogens (tertiary/aromatic N) is 1. The van der Waals surface area contributed by atoms with Crippen molar-refractivity contribution in [2.45, 2.75) is 37.1 Å². The molecule has 1 aliphatic heterocycles. The van der Waals surface area contributed by atoms with E-state index in [0.29, 0.717) is 12.3 Å². The predicted octanol–water partition coefficient (Wildman–Crippen LogP) is 2.88. The minimum Gasteiger partial charge on any atom is -0.338 e. The summed E-state index contributed by atoms with van der Waals surface area (Å²) in [5.74, 6) is 0.299. The van der Waals surface area contributed by atoms with E-state index in [1.807, 2.05) is 29.2 Å². The summed E-state index contributed by atoms with van der Waals surface area (Å²) < 4.78 is 0. The summed E-state index contributed by atoms with van der Waals surface area (Å²) in [5.41, 5.74) is 1.19. The minimum atomic E-state index is 0.299. The third-order valence-corrected chi connectivity index (χ3v) is 3.28. The van der Waals surface area contributed by atoms with Crippen LogP contribution < -0.4 is 0 Å². The molecule has 0 unspecified atom stereocenters. The van der Waals surface area contributed by atoms with Gasteiger partial charge in [-0.05, 0) is 30.5 Å². The Kier molecular flexibility index (Phi) is 3.88. The highest BCUT2D eigenvalue weighted by Gasteiger charge is 2.16. The molecule has 0 N–H and O–H groups in total. The molecule has 1 aromatic carbocycles. The molecule has 2 rings (SSSR count). The fourth-order valence-corrected chi connectivity index (χ4v) is 2.18. The third kappa shape index (κ3) is 3.01. The van der Waals surface area contributed by atoms with Crippen molar-refractivity contribution in [2.24, 2.45) is 0 Å². The second-order valence-electron chi connectivity index (χ2n) is 4.29. The molecule has 1 aliphatic rings. The van der Waals surface area contributed by atoms with Gasteiger partial charge < -0.3 is 4.90 Å². The second-order valence-corrected chi connectivity index (χ2v) is 4.81. The Morgan fingerprint density at radius 3 is 2.62 bits per heavy atom. The van der Waals surface area contributed by atoms with E-state index in [1.165, 1.54) is 12.0 Å². The van der Waals surface area contributed by atoms with Gasteiger partial charge in [0.25, 0.3) is 0 Å². The number of carbonyl (C=O) groups is 1.